The van der Waals surface area contributed by atoms with Gasteiger partial charge in [-0.15, -0.1) is 11.3 Å². The molecule has 6 nitrogen and oxygen atoms in total. The average Bonchev–Trinajstić information content (AvgIpc) is 3.27. The average molecular weight is 451 g/mol. The van der Waals surface area contributed by atoms with Crippen LogP contribution in [0.2, 0.25) is 0 Å². The first-order valence-electron chi connectivity index (χ1n) is 10.1. The number of halogens is 1. The van der Waals surface area contributed by atoms with Crippen LogP contribution < -0.4 is 10.6 Å². The number of carbonyl (C=O) groups excluding carboxylic acids is 2. The van der Waals surface area contributed by atoms with Gasteiger partial charge in [0, 0.05) is 24.5 Å². The molecule has 0 aliphatic heterocycles. The smallest absolute Gasteiger partial charge is 0.321 e. The Morgan fingerprint density at radius 2 is 1.81 bits per heavy atom. The standard InChI is InChI=1S/C24H23FN4O2S/c25-21-4-1-3-20(13-21)16-29(15-19-8-6-18(14-26)7-9-19)17-23(30)28-24(31)27-11-10-22-5-2-12-32-22/h1-9,12-13H,10-11,15-17H2,(H2,27,28,30,31). The molecule has 0 fully saturated rings. The minimum Gasteiger partial charge on any atom is -0.337 e. The Morgan fingerprint density at radius 3 is 2.50 bits per heavy atom. The zero-order valence-electron chi connectivity index (χ0n) is 17.4. The van der Waals surface area contributed by atoms with E-state index in [4.69, 9.17) is 5.26 Å². The molecule has 2 N–H and O–H groups in total. The van der Waals surface area contributed by atoms with Gasteiger partial charge in [0.15, 0.2) is 0 Å². The van der Waals surface area contributed by atoms with Gasteiger partial charge in [-0.2, -0.15) is 5.26 Å². The van der Waals surface area contributed by atoms with Crippen molar-refractivity contribution < 1.29 is 14.0 Å². The zero-order valence-corrected chi connectivity index (χ0v) is 18.2. The van der Waals surface area contributed by atoms with Crippen LogP contribution in [0.25, 0.3) is 0 Å². The molecule has 0 saturated heterocycles. The van der Waals surface area contributed by atoms with Gasteiger partial charge in [-0.1, -0.05) is 30.3 Å². The lowest BCUT2D eigenvalue weighted by molar-refractivity contribution is -0.121. The van der Waals surface area contributed by atoms with Crippen molar-refractivity contribution >= 4 is 23.3 Å². The van der Waals surface area contributed by atoms with Crippen LogP contribution in [0.15, 0.2) is 66.0 Å². The lowest BCUT2D eigenvalue weighted by Crippen LogP contribution is -2.44. The Hall–Kier alpha value is -3.54. The van der Waals surface area contributed by atoms with Crippen molar-refractivity contribution in [2.24, 2.45) is 0 Å². The molecule has 0 unspecified atom stereocenters. The van der Waals surface area contributed by atoms with Crippen LogP contribution in [0, 0.1) is 17.1 Å². The van der Waals surface area contributed by atoms with Crippen molar-refractivity contribution in [2.75, 3.05) is 13.1 Å². The molecule has 3 rings (SSSR count). The second kappa shape index (κ2) is 11.7. The first-order valence-corrected chi connectivity index (χ1v) is 11.0. The summed E-state index contributed by atoms with van der Waals surface area (Å²) in [6.45, 7) is 1.10. The van der Waals surface area contributed by atoms with Crippen LogP contribution in [0.4, 0.5) is 9.18 Å². The van der Waals surface area contributed by atoms with Gasteiger partial charge in [0.2, 0.25) is 5.91 Å². The molecule has 1 heterocycles. The predicted octanol–water partition coefficient (Wildman–Crippen LogP) is 3.83. The zero-order chi connectivity index (χ0) is 22.8. The summed E-state index contributed by atoms with van der Waals surface area (Å²) in [4.78, 5) is 27.5. The van der Waals surface area contributed by atoms with Gasteiger partial charge in [-0.25, -0.2) is 9.18 Å². The third-order valence-electron chi connectivity index (χ3n) is 4.64. The van der Waals surface area contributed by atoms with Crippen molar-refractivity contribution in [3.05, 3.63) is 93.4 Å². The fourth-order valence-corrected chi connectivity index (χ4v) is 3.88. The lowest BCUT2D eigenvalue weighted by Gasteiger charge is -2.22. The Labute approximate surface area is 190 Å². The Bertz CT molecular complexity index is 1080. The number of urea groups is 1. The highest BCUT2D eigenvalue weighted by Gasteiger charge is 2.15. The first kappa shape index (κ1) is 23.1. The fraction of sp³-hybridized carbons (Fsp3) is 0.208. The number of nitrogens with zero attached hydrogens (tertiary/aromatic N) is 2. The van der Waals surface area contributed by atoms with Crippen molar-refractivity contribution in [2.45, 2.75) is 19.5 Å². The molecule has 0 atom stereocenters. The van der Waals surface area contributed by atoms with Crippen LogP contribution in [-0.4, -0.2) is 29.9 Å². The summed E-state index contributed by atoms with van der Waals surface area (Å²) >= 11 is 1.61. The number of benzene rings is 2. The number of hydrogen-bond acceptors (Lipinski definition) is 5. The minimum absolute atomic E-state index is 0.0468. The Kier molecular flexibility index (Phi) is 8.49. The van der Waals surface area contributed by atoms with E-state index < -0.39 is 11.9 Å². The number of rotatable bonds is 9. The van der Waals surface area contributed by atoms with E-state index in [2.05, 4.69) is 16.7 Å². The van der Waals surface area contributed by atoms with Crippen molar-refractivity contribution in [1.82, 2.24) is 15.5 Å². The molecular weight excluding hydrogens is 427 g/mol. The molecule has 3 aromatic rings. The van der Waals surface area contributed by atoms with Gasteiger partial charge >= 0.3 is 6.03 Å². The molecule has 0 bridgehead atoms. The van der Waals surface area contributed by atoms with E-state index in [0.29, 0.717) is 37.2 Å². The SMILES string of the molecule is N#Cc1ccc(CN(CC(=O)NC(=O)NCCc2cccs2)Cc2cccc(F)c2)cc1. The van der Waals surface area contributed by atoms with Gasteiger partial charge in [-0.3, -0.25) is 15.0 Å². The molecule has 0 aliphatic carbocycles. The van der Waals surface area contributed by atoms with E-state index >= 15 is 0 Å². The first-order chi connectivity index (χ1) is 15.5. The largest absolute Gasteiger partial charge is 0.337 e. The normalized spacial score (nSPS) is 10.5. The molecule has 0 aliphatic rings. The highest BCUT2D eigenvalue weighted by Crippen LogP contribution is 2.12. The third kappa shape index (κ3) is 7.61. The summed E-state index contributed by atoms with van der Waals surface area (Å²) in [6, 6.07) is 18.7. The van der Waals surface area contributed by atoms with E-state index in [-0.39, 0.29) is 12.4 Å². The number of hydrogen-bond donors (Lipinski definition) is 2. The summed E-state index contributed by atoms with van der Waals surface area (Å²) in [5, 5.41) is 16.0. The van der Waals surface area contributed by atoms with Gasteiger partial charge in [0.25, 0.3) is 0 Å². The molecule has 32 heavy (non-hydrogen) atoms. The van der Waals surface area contributed by atoms with Crippen LogP contribution in [0.1, 0.15) is 21.6 Å². The number of thiophene rings is 1. The molecule has 0 saturated carbocycles. The fourth-order valence-electron chi connectivity index (χ4n) is 3.17. The predicted molar refractivity (Wildman–Crippen MR) is 121 cm³/mol. The van der Waals surface area contributed by atoms with E-state index in [1.165, 1.54) is 12.1 Å². The Morgan fingerprint density at radius 1 is 1.03 bits per heavy atom. The quantitative estimate of drug-likeness (QED) is 0.519. The van der Waals surface area contributed by atoms with Gasteiger partial charge in [0.1, 0.15) is 5.82 Å². The second-order valence-corrected chi connectivity index (χ2v) is 8.25. The van der Waals surface area contributed by atoms with Gasteiger partial charge < -0.3 is 5.32 Å². The topological polar surface area (TPSA) is 85.2 Å². The summed E-state index contributed by atoms with van der Waals surface area (Å²) in [5.74, 6) is -0.806. The number of nitriles is 1. The maximum Gasteiger partial charge on any atom is 0.321 e. The highest BCUT2D eigenvalue weighted by molar-refractivity contribution is 7.09. The van der Waals surface area contributed by atoms with Crippen LogP contribution in [-0.2, 0) is 24.3 Å². The maximum atomic E-state index is 13.6. The molecule has 3 amide bonds. The molecule has 8 heteroatoms. The van der Waals surface area contributed by atoms with E-state index in [1.807, 2.05) is 34.5 Å². The third-order valence-corrected chi connectivity index (χ3v) is 5.58. The van der Waals surface area contributed by atoms with E-state index in [0.717, 1.165) is 10.4 Å². The van der Waals surface area contributed by atoms with Crippen LogP contribution in [0.3, 0.4) is 0 Å². The van der Waals surface area contributed by atoms with E-state index in [1.54, 1.807) is 35.6 Å². The molecular formula is C24H23FN4O2S. The van der Waals surface area contributed by atoms with Crippen molar-refractivity contribution in [1.29, 1.82) is 5.26 Å². The molecule has 164 valence electrons. The number of carbonyl (C=O) groups is 2. The molecule has 1 aromatic heterocycles. The highest BCUT2D eigenvalue weighted by atomic mass is 32.1. The molecule has 0 spiro atoms. The van der Waals surface area contributed by atoms with E-state index in [9.17, 15) is 14.0 Å². The number of imide groups is 1. The molecule has 0 radical (unpaired) electrons. The van der Waals surface area contributed by atoms with Crippen LogP contribution in [0.5, 0.6) is 0 Å². The van der Waals surface area contributed by atoms with Crippen molar-refractivity contribution in [3.8, 4) is 6.07 Å². The maximum absolute atomic E-state index is 13.6. The van der Waals surface area contributed by atoms with Gasteiger partial charge in [-0.05, 0) is 53.3 Å². The summed E-state index contributed by atoms with van der Waals surface area (Å²) in [7, 11) is 0. The number of nitrogens with one attached hydrogen (secondary N) is 2. The minimum atomic E-state index is -0.546. The van der Waals surface area contributed by atoms with Crippen LogP contribution >= 0.6 is 11.3 Å². The Balaban J connectivity index is 1.57. The molecule has 2 aromatic carbocycles. The summed E-state index contributed by atoms with van der Waals surface area (Å²) < 4.78 is 13.6. The second-order valence-electron chi connectivity index (χ2n) is 7.22. The monoisotopic (exact) mass is 450 g/mol. The lowest BCUT2D eigenvalue weighted by atomic mass is 10.1. The summed E-state index contributed by atoms with van der Waals surface area (Å²) in [5.41, 5.74) is 2.16. The van der Waals surface area contributed by atoms with Gasteiger partial charge in [0.05, 0.1) is 18.2 Å². The van der Waals surface area contributed by atoms with Crippen molar-refractivity contribution in [3.63, 3.8) is 0 Å². The number of amides is 3. The summed E-state index contributed by atoms with van der Waals surface area (Å²) in [6.07, 6.45) is 0.698.